The van der Waals surface area contributed by atoms with Crippen molar-refractivity contribution < 1.29 is 13.5 Å². The first-order valence-electron chi connectivity index (χ1n) is 6.15. The highest BCUT2D eigenvalue weighted by molar-refractivity contribution is 7.89. The molecule has 1 aliphatic carbocycles. The summed E-state index contributed by atoms with van der Waals surface area (Å²) in [5.74, 6) is 0. The monoisotopic (exact) mass is 269 g/mol. The number of rotatable bonds is 4. The third-order valence-electron chi connectivity index (χ3n) is 3.76. The molecule has 0 unspecified atom stereocenters. The quantitative estimate of drug-likeness (QED) is 0.904. The van der Waals surface area contributed by atoms with Crippen molar-refractivity contribution in [2.24, 2.45) is 0 Å². The minimum absolute atomic E-state index is 0.133. The van der Waals surface area contributed by atoms with E-state index in [1.807, 2.05) is 6.92 Å². The Hall–Kier alpha value is -0.910. The number of hydrogen-bond acceptors (Lipinski definition) is 3. The predicted molar refractivity (Wildman–Crippen MR) is 69.7 cm³/mol. The molecule has 0 bridgehead atoms. The van der Waals surface area contributed by atoms with Crippen molar-refractivity contribution >= 4 is 10.0 Å². The molecule has 5 heteroatoms. The Bertz CT molecular complexity index is 535. The smallest absolute Gasteiger partial charge is 0.243 e. The van der Waals surface area contributed by atoms with Crippen molar-refractivity contribution in [3.63, 3.8) is 0 Å². The lowest BCUT2D eigenvalue weighted by Gasteiger charge is -2.33. The highest BCUT2D eigenvalue weighted by Gasteiger charge is 2.31. The average Bonchev–Trinajstić information content (AvgIpc) is 2.27. The normalized spacial score (nSPS) is 16.9. The lowest BCUT2D eigenvalue weighted by molar-refractivity contribution is 0.249. The summed E-state index contributed by atoms with van der Waals surface area (Å²) in [4.78, 5) is 0.270. The Balaban J connectivity index is 2.34. The molecule has 1 aromatic carbocycles. The van der Waals surface area contributed by atoms with Gasteiger partial charge in [0.15, 0.2) is 0 Å². The molecule has 1 fully saturated rings. The number of nitrogens with zero attached hydrogens (tertiary/aromatic N) is 1. The summed E-state index contributed by atoms with van der Waals surface area (Å²) in [5.41, 5.74) is 1.57. The second-order valence-corrected chi connectivity index (χ2v) is 6.85. The number of aryl methyl sites for hydroxylation is 1. The van der Waals surface area contributed by atoms with E-state index in [2.05, 4.69) is 0 Å². The Morgan fingerprint density at radius 1 is 1.39 bits per heavy atom. The predicted octanol–water partition coefficient (Wildman–Crippen LogP) is 1.66. The minimum atomic E-state index is -3.43. The van der Waals surface area contributed by atoms with Crippen molar-refractivity contribution in [1.82, 2.24) is 4.31 Å². The van der Waals surface area contributed by atoms with Gasteiger partial charge in [-0.3, -0.25) is 0 Å². The van der Waals surface area contributed by atoms with Gasteiger partial charge < -0.3 is 5.11 Å². The second-order valence-electron chi connectivity index (χ2n) is 4.85. The van der Waals surface area contributed by atoms with Crippen LogP contribution in [0, 0.1) is 6.92 Å². The fraction of sp³-hybridized carbons (Fsp3) is 0.538. The molecule has 0 amide bonds. The van der Waals surface area contributed by atoms with Gasteiger partial charge in [-0.15, -0.1) is 0 Å². The van der Waals surface area contributed by atoms with E-state index >= 15 is 0 Å². The van der Waals surface area contributed by atoms with Crippen LogP contribution in [0.25, 0.3) is 0 Å². The minimum Gasteiger partial charge on any atom is -0.392 e. The summed E-state index contributed by atoms with van der Waals surface area (Å²) >= 11 is 0. The maximum atomic E-state index is 12.4. The number of benzene rings is 1. The molecule has 0 spiro atoms. The van der Waals surface area contributed by atoms with E-state index in [4.69, 9.17) is 0 Å². The summed E-state index contributed by atoms with van der Waals surface area (Å²) in [6, 6.07) is 5.06. The van der Waals surface area contributed by atoms with Crippen LogP contribution in [0.15, 0.2) is 23.1 Å². The molecule has 0 radical (unpaired) electrons. The molecule has 1 saturated carbocycles. The SMILES string of the molecule is Cc1ccc(S(=O)(=O)N(C)C2CCC2)cc1CO. The van der Waals surface area contributed by atoms with E-state index in [9.17, 15) is 13.5 Å². The molecule has 0 aliphatic heterocycles. The van der Waals surface area contributed by atoms with Crippen LogP contribution in [-0.2, 0) is 16.6 Å². The Morgan fingerprint density at radius 2 is 2.06 bits per heavy atom. The van der Waals surface area contributed by atoms with Crippen LogP contribution in [0.3, 0.4) is 0 Å². The Kier molecular flexibility index (Phi) is 3.75. The summed E-state index contributed by atoms with van der Waals surface area (Å²) in [6.45, 7) is 1.72. The van der Waals surface area contributed by atoms with E-state index in [1.165, 1.54) is 4.31 Å². The van der Waals surface area contributed by atoms with Crippen LogP contribution in [0.5, 0.6) is 0 Å². The average molecular weight is 269 g/mol. The van der Waals surface area contributed by atoms with E-state index in [0.717, 1.165) is 24.8 Å². The largest absolute Gasteiger partial charge is 0.392 e. The third-order valence-corrected chi connectivity index (χ3v) is 5.66. The van der Waals surface area contributed by atoms with Gasteiger partial charge in [0.2, 0.25) is 10.0 Å². The highest BCUT2D eigenvalue weighted by atomic mass is 32.2. The van der Waals surface area contributed by atoms with Crippen molar-refractivity contribution in [2.45, 2.75) is 43.7 Å². The molecule has 100 valence electrons. The summed E-state index contributed by atoms with van der Waals surface area (Å²) in [7, 11) is -1.79. The molecule has 0 saturated heterocycles. The van der Waals surface area contributed by atoms with Crippen LogP contribution >= 0.6 is 0 Å². The molecular weight excluding hydrogens is 250 g/mol. The molecule has 1 N–H and O–H groups in total. The van der Waals surface area contributed by atoms with Crippen LogP contribution < -0.4 is 0 Å². The standard InChI is InChI=1S/C13H19NO3S/c1-10-6-7-13(8-11(10)9-15)18(16,17)14(2)12-4-3-5-12/h6-8,12,15H,3-5,9H2,1-2H3. The van der Waals surface area contributed by atoms with Gasteiger partial charge in [0.1, 0.15) is 0 Å². The summed E-state index contributed by atoms with van der Waals surface area (Å²) in [5, 5.41) is 9.21. The van der Waals surface area contributed by atoms with Gasteiger partial charge in [-0.1, -0.05) is 12.5 Å². The first-order chi connectivity index (χ1) is 8.46. The number of aliphatic hydroxyl groups is 1. The summed E-state index contributed by atoms with van der Waals surface area (Å²) in [6.07, 6.45) is 2.98. The van der Waals surface area contributed by atoms with Gasteiger partial charge in [0, 0.05) is 13.1 Å². The van der Waals surface area contributed by atoms with Crippen LogP contribution in [0.2, 0.25) is 0 Å². The fourth-order valence-corrected chi connectivity index (χ4v) is 3.56. The van der Waals surface area contributed by atoms with E-state index < -0.39 is 10.0 Å². The summed E-state index contributed by atoms with van der Waals surface area (Å²) < 4.78 is 26.2. The zero-order valence-electron chi connectivity index (χ0n) is 10.8. The van der Waals surface area contributed by atoms with Gasteiger partial charge >= 0.3 is 0 Å². The molecule has 2 rings (SSSR count). The number of hydrogen-bond donors (Lipinski definition) is 1. The zero-order chi connectivity index (χ0) is 13.3. The van der Waals surface area contributed by atoms with Crippen LogP contribution in [0.4, 0.5) is 0 Å². The fourth-order valence-electron chi connectivity index (χ4n) is 2.09. The maximum absolute atomic E-state index is 12.4. The van der Waals surface area contributed by atoms with Crippen molar-refractivity contribution in [3.8, 4) is 0 Å². The maximum Gasteiger partial charge on any atom is 0.243 e. The van der Waals surface area contributed by atoms with E-state index in [0.29, 0.717) is 5.56 Å². The molecular formula is C13H19NO3S. The lowest BCUT2D eigenvalue weighted by atomic mass is 9.94. The third kappa shape index (κ3) is 2.30. The highest BCUT2D eigenvalue weighted by Crippen LogP contribution is 2.29. The molecule has 1 aromatic rings. The molecule has 18 heavy (non-hydrogen) atoms. The molecule has 0 aromatic heterocycles. The van der Waals surface area contributed by atoms with Crippen molar-refractivity contribution in [1.29, 1.82) is 0 Å². The first-order valence-corrected chi connectivity index (χ1v) is 7.59. The van der Waals surface area contributed by atoms with E-state index in [-0.39, 0.29) is 17.5 Å². The molecule has 4 nitrogen and oxygen atoms in total. The van der Waals surface area contributed by atoms with Crippen LogP contribution in [0.1, 0.15) is 30.4 Å². The number of sulfonamides is 1. The van der Waals surface area contributed by atoms with Crippen molar-refractivity contribution in [2.75, 3.05) is 7.05 Å². The van der Waals surface area contributed by atoms with Gasteiger partial charge in [0.25, 0.3) is 0 Å². The molecule has 0 atom stereocenters. The van der Waals surface area contributed by atoms with Gasteiger partial charge in [0.05, 0.1) is 11.5 Å². The molecule has 0 heterocycles. The van der Waals surface area contributed by atoms with Crippen LogP contribution in [-0.4, -0.2) is 30.9 Å². The van der Waals surface area contributed by atoms with Gasteiger partial charge in [-0.2, -0.15) is 4.31 Å². The zero-order valence-corrected chi connectivity index (χ0v) is 11.6. The second kappa shape index (κ2) is 4.99. The molecule has 1 aliphatic rings. The van der Waals surface area contributed by atoms with E-state index in [1.54, 1.807) is 25.2 Å². The van der Waals surface area contributed by atoms with Crippen molar-refractivity contribution in [3.05, 3.63) is 29.3 Å². The number of aliphatic hydroxyl groups excluding tert-OH is 1. The van der Waals surface area contributed by atoms with Gasteiger partial charge in [-0.05, 0) is 43.0 Å². The Labute approximate surface area is 108 Å². The van der Waals surface area contributed by atoms with Gasteiger partial charge in [-0.25, -0.2) is 8.42 Å². The lowest BCUT2D eigenvalue weighted by Crippen LogP contribution is -2.41. The first kappa shape index (κ1) is 13.5. The topological polar surface area (TPSA) is 57.6 Å². The Morgan fingerprint density at radius 3 is 2.56 bits per heavy atom.